The third-order valence-corrected chi connectivity index (χ3v) is 2.95. The maximum Gasteiger partial charge on any atom is 0.323 e. The third-order valence-electron chi connectivity index (χ3n) is 2.95. The quantitative estimate of drug-likeness (QED) is 0.708. The van der Waals surface area contributed by atoms with Crippen LogP contribution in [0, 0.1) is 6.92 Å². The highest BCUT2D eigenvalue weighted by molar-refractivity contribution is 6.09. The average Bonchev–Trinajstić information content (AvgIpc) is 2.64. The van der Waals surface area contributed by atoms with Crippen LogP contribution in [0.5, 0.6) is 0 Å². The highest BCUT2D eigenvalue weighted by atomic mass is 16.4. The van der Waals surface area contributed by atoms with Crippen LogP contribution in [0.4, 0.5) is 5.82 Å². The second-order valence-electron chi connectivity index (χ2n) is 4.26. The van der Waals surface area contributed by atoms with Gasteiger partial charge in [0.25, 0.3) is 0 Å². The fraction of sp³-hybridized carbons (Fsp3) is 0.167. The Morgan fingerprint density at radius 1 is 1.42 bits per heavy atom. The van der Waals surface area contributed by atoms with Crippen LogP contribution in [0.25, 0.3) is 22.1 Å². The molecule has 0 unspecified atom stereocenters. The summed E-state index contributed by atoms with van der Waals surface area (Å²) in [5.41, 5.74) is 8.50. The number of nitrogens with zero attached hydrogens (tertiary/aromatic N) is 4. The van der Waals surface area contributed by atoms with E-state index in [-0.39, 0.29) is 6.54 Å². The molecule has 96 valence electrons. The number of carbonyl (C=O) groups is 1. The summed E-state index contributed by atoms with van der Waals surface area (Å²) in [6.45, 7) is 1.67. The zero-order valence-electron chi connectivity index (χ0n) is 10.2. The van der Waals surface area contributed by atoms with Crippen LogP contribution in [0.1, 0.15) is 5.69 Å². The fourth-order valence-electron chi connectivity index (χ4n) is 2.18. The Hall–Kier alpha value is -2.70. The zero-order valence-corrected chi connectivity index (χ0v) is 10.2. The SMILES string of the molecule is Cc1ccc2c(n1)c1c(N)ncnc1n2CC(=O)O. The van der Waals surface area contributed by atoms with Gasteiger partial charge in [0, 0.05) is 5.69 Å². The molecule has 19 heavy (non-hydrogen) atoms. The monoisotopic (exact) mass is 257 g/mol. The number of fused-ring (bicyclic) bond motifs is 3. The predicted molar refractivity (Wildman–Crippen MR) is 69.6 cm³/mol. The standard InChI is InChI=1S/C12H11N5O2/c1-6-2-3-7-10(16-6)9-11(13)14-5-15-12(9)17(7)4-8(18)19/h2-3,5H,4H2,1H3,(H,18,19)(H2,13,14,15). The second-order valence-corrected chi connectivity index (χ2v) is 4.26. The Morgan fingerprint density at radius 3 is 2.95 bits per heavy atom. The van der Waals surface area contributed by atoms with Crippen molar-refractivity contribution in [2.45, 2.75) is 13.5 Å². The van der Waals surface area contributed by atoms with Crippen LogP contribution < -0.4 is 5.73 Å². The minimum Gasteiger partial charge on any atom is -0.480 e. The van der Waals surface area contributed by atoms with Gasteiger partial charge >= 0.3 is 5.97 Å². The van der Waals surface area contributed by atoms with Crippen molar-refractivity contribution in [3.8, 4) is 0 Å². The van der Waals surface area contributed by atoms with Crippen molar-refractivity contribution in [2.75, 3.05) is 5.73 Å². The molecule has 3 aromatic rings. The van der Waals surface area contributed by atoms with Crippen molar-refractivity contribution >= 4 is 33.9 Å². The molecule has 7 nitrogen and oxygen atoms in total. The lowest BCUT2D eigenvalue weighted by Crippen LogP contribution is -2.09. The number of aromatic nitrogens is 4. The van der Waals surface area contributed by atoms with Gasteiger partial charge in [-0.1, -0.05) is 0 Å². The minimum atomic E-state index is -0.948. The summed E-state index contributed by atoms with van der Waals surface area (Å²) in [5.74, 6) is -0.645. The number of nitrogens with two attached hydrogens (primary N) is 1. The van der Waals surface area contributed by atoms with Crippen molar-refractivity contribution in [3.05, 3.63) is 24.2 Å². The number of pyridine rings is 1. The smallest absolute Gasteiger partial charge is 0.323 e. The number of aliphatic carboxylic acids is 1. The number of hydrogen-bond donors (Lipinski definition) is 2. The van der Waals surface area contributed by atoms with Gasteiger partial charge in [-0.3, -0.25) is 9.78 Å². The van der Waals surface area contributed by atoms with Crippen LogP contribution >= 0.6 is 0 Å². The summed E-state index contributed by atoms with van der Waals surface area (Å²) in [7, 11) is 0. The number of hydrogen-bond acceptors (Lipinski definition) is 5. The molecule has 0 aliphatic heterocycles. The van der Waals surface area contributed by atoms with E-state index < -0.39 is 5.97 Å². The van der Waals surface area contributed by atoms with Crippen molar-refractivity contribution in [3.63, 3.8) is 0 Å². The molecule has 7 heteroatoms. The van der Waals surface area contributed by atoms with Crippen LogP contribution in [0.3, 0.4) is 0 Å². The lowest BCUT2D eigenvalue weighted by molar-refractivity contribution is -0.137. The first kappa shape index (κ1) is 11.4. The van der Waals surface area contributed by atoms with E-state index in [1.54, 1.807) is 4.57 Å². The number of anilines is 1. The first-order valence-corrected chi connectivity index (χ1v) is 5.65. The number of carboxylic acid groups (broad SMARTS) is 1. The van der Waals surface area contributed by atoms with E-state index in [2.05, 4.69) is 15.0 Å². The third kappa shape index (κ3) is 1.67. The molecule has 0 aromatic carbocycles. The molecule has 0 aliphatic carbocycles. The summed E-state index contributed by atoms with van der Waals surface area (Å²) >= 11 is 0. The summed E-state index contributed by atoms with van der Waals surface area (Å²) in [4.78, 5) is 23.5. The van der Waals surface area contributed by atoms with Gasteiger partial charge in [-0.05, 0) is 19.1 Å². The van der Waals surface area contributed by atoms with E-state index in [0.29, 0.717) is 27.9 Å². The van der Waals surface area contributed by atoms with E-state index in [9.17, 15) is 4.79 Å². The summed E-state index contributed by atoms with van der Waals surface area (Å²) in [6, 6.07) is 3.64. The number of carboxylic acids is 1. The zero-order chi connectivity index (χ0) is 13.6. The molecular formula is C12H11N5O2. The maximum atomic E-state index is 11.0. The largest absolute Gasteiger partial charge is 0.480 e. The van der Waals surface area contributed by atoms with E-state index in [4.69, 9.17) is 10.8 Å². The van der Waals surface area contributed by atoms with E-state index >= 15 is 0 Å². The minimum absolute atomic E-state index is 0.193. The molecule has 3 N–H and O–H groups in total. The summed E-state index contributed by atoms with van der Waals surface area (Å²) in [6.07, 6.45) is 1.32. The highest BCUT2D eigenvalue weighted by Crippen LogP contribution is 2.29. The topological polar surface area (TPSA) is 107 Å². The summed E-state index contributed by atoms with van der Waals surface area (Å²) < 4.78 is 1.58. The number of aryl methyl sites for hydroxylation is 1. The lowest BCUT2D eigenvalue weighted by Gasteiger charge is -2.02. The van der Waals surface area contributed by atoms with Crippen molar-refractivity contribution in [1.82, 2.24) is 19.5 Å². The first-order valence-electron chi connectivity index (χ1n) is 5.65. The van der Waals surface area contributed by atoms with E-state index in [0.717, 1.165) is 5.69 Å². The molecule has 0 fully saturated rings. The van der Waals surface area contributed by atoms with Crippen LogP contribution in [-0.4, -0.2) is 30.6 Å². The second kappa shape index (κ2) is 3.91. The molecule has 0 bridgehead atoms. The van der Waals surface area contributed by atoms with E-state index in [1.165, 1.54) is 6.33 Å². The molecule has 0 saturated heterocycles. The van der Waals surface area contributed by atoms with Crippen LogP contribution in [-0.2, 0) is 11.3 Å². The molecule has 3 aromatic heterocycles. The molecule has 0 radical (unpaired) electrons. The van der Waals surface area contributed by atoms with Gasteiger partial charge in [0.05, 0.1) is 10.9 Å². The van der Waals surface area contributed by atoms with E-state index in [1.807, 2.05) is 19.1 Å². The van der Waals surface area contributed by atoms with Crippen LogP contribution in [0.2, 0.25) is 0 Å². The van der Waals surface area contributed by atoms with Gasteiger partial charge in [-0.2, -0.15) is 0 Å². The molecule has 0 amide bonds. The fourth-order valence-corrected chi connectivity index (χ4v) is 2.18. The molecule has 0 spiro atoms. The highest BCUT2D eigenvalue weighted by Gasteiger charge is 2.17. The predicted octanol–water partition coefficient (Wildman–Crippen LogP) is 0.955. The Balaban J connectivity index is 2.50. The van der Waals surface area contributed by atoms with Gasteiger partial charge in [-0.25, -0.2) is 9.97 Å². The lowest BCUT2D eigenvalue weighted by atomic mass is 10.3. The van der Waals surface area contributed by atoms with Gasteiger partial charge in [0.2, 0.25) is 0 Å². The Kier molecular flexibility index (Phi) is 2.34. The van der Waals surface area contributed by atoms with Gasteiger partial charge in [0.15, 0.2) is 0 Å². The Morgan fingerprint density at radius 2 is 2.21 bits per heavy atom. The molecule has 0 aliphatic rings. The normalized spacial score (nSPS) is 11.2. The number of rotatable bonds is 2. The molecular weight excluding hydrogens is 246 g/mol. The first-order chi connectivity index (χ1) is 9.08. The molecule has 0 saturated carbocycles. The maximum absolute atomic E-state index is 11.0. The molecule has 3 rings (SSSR count). The average molecular weight is 257 g/mol. The van der Waals surface area contributed by atoms with Gasteiger partial charge < -0.3 is 15.4 Å². The molecule has 3 heterocycles. The number of nitrogen functional groups attached to an aromatic ring is 1. The molecule has 0 atom stereocenters. The van der Waals surface area contributed by atoms with Crippen LogP contribution in [0.15, 0.2) is 18.5 Å². The van der Waals surface area contributed by atoms with Crippen molar-refractivity contribution in [1.29, 1.82) is 0 Å². The van der Waals surface area contributed by atoms with Crippen molar-refractivity contribution < 1.29 is 9.90 Å². The summed E-state index contributed by atoms with van der Waals surface area (Å²) in [5, 5.41) is 9.61. The van der Waals surface area contributed by atoms with Crippen molar-refractivity contribution in [2.24, 2.45) is 0 Å². The Bertz CT molecular complexity index is 809. The van der Waals surface area contributed by atoms with Gasteiger partial charge in [0.1, 0.15) is 29.9 Å². The Labute approximate surface area is 107 Å². The van der Waals surface area contributed by atoms with Gasteiger partial charge in [-0.15, -0.1) is 0 Å².